The number of fused-ring (bicyclic) bond motifs is 1. The number of benzene rings is 2. The monoisotopic (exact) mass is 594 g/mol. The van der Waals surface area contributed by atoms with E-state index in [0.717, 1.165) is 59.6 Å². The van der Waals surface area contributed by atoms with Crippen molar-refractivity contribution in [3.63, 3.8) is 0 Å². The van der Waals surface area contributed by atoms with Crippen molar-refractivity contribution in [1.29, 1.82) is 0 Å². The second-order valence-electron chi connectivity index (χ2n) is 12.3. The van der Waals surface area contributed by atoms with E-state index in [1.54, 1.807) is 7.05 Å². The molecule has 11 nitrogen and oxygen atoms in total. The van der Waals surface area contributed by atoms with Crippen molar-refractivity contribution >= 4 is 22.8 Å². The van der Waals surface area contributed by atoms with Crippen molar-refractivity contribution in [3.8, 4) is 22.8 Å². The molecule has 0 unspecified atom stereocenters. The van der Waals surface area contributed by atoms with E-state index in [1.807, 2.05) is 86.1 Å². The van der Waals surface area contributed by atoms with Crippen LogP contribution in [0.2, 0.25) is 0 Å². The van der Waals surface area contributed by atoms with Crippen LogP contribution in [-0.2, 0) is 10.2 Å². The molecule has 1 fully saturated rings. The summed E-state index contributed by atoms with van der Waals surface area (Å²) in [5.74, 6) is 2.52. The molecule has 6 rings (SSSR count). The highest BCUT2D eigenvalue weighted by atomic mass is 16.5. The first-order valence-electron chi connectivity index (χ1n) is 15.0. The highest BCUT2D eigenvalue weighted by Gasteiger charge is 2.31. The third-order valence-corrected chi connectivity index (χ3v) is 8.13. The summed E-state index contributed by atoms with van der Waals surface area (Å²) in [5, 5.41) is 16.2. The molecule has 0 aliphatic heterocycles. The Bertz CT molecular complexity index is 1730. The Morgan fingerprint density at radius 3 is 2.39 bits per heavy atom. The first kappa shape index (κ1) is 29.3. The first-order valence-corrected chi connectivity index (χ1v) is 15.0. The fourth-order valence-electron chi connectivity index (χ4n) is 5.70. The minimum absolute atomic E-state index is 0.0433. The van der Waals surface area contributed by atoms with E-state index in [-0.39, 0.29) is 23.4 Å². The average molecular weight is 595 g/mol. The van der Waals surface area contributed by atoms with Gasteiger partial charge in [0.05, 0.1) is 11.4 Å². The first-order chi connectivity index (χ1) is 21.2. The summed E-state index contributed by atoms with van der Waals surface area (Å²) in [4.78, 5) is 22.1. The normalized spacial score (nSPS) is 17.8. The summed E-state index contributed by atoms with van der Waals surface area (Å²) >= 11 is 0. The number of nitrogens with zero attached hydrogens (tertiary/aromatic N) is 5. The number of carbonyl (C=O) groups excluding carboxylic acids is 1. The van der Waals surface area contributed by atoms with E-state index in [1.165, 1.54) is 6.33 Å². The van der Waals surface area contributed by atoms with Gasteiger partial charge in [0.25, 0.3) is 0 Å². The molecule has 1 atom stereocenters. The van der Waals surface area contributed by atoms with Gasteiger partial charge in [0.15, 0.2) is 5.65 Å². The van der Waals surface area contributed by atoms with Crippen LogP contribution in [-0.4, -0.2) is 43.9 Å². The van der Waals surface area contributed by atoms with Crippen LogP contribution in [0.1, 0.15) is 70.0 Å². The van der Waals surface area contributed by atoms with Crippen molar-refractivity contribution in [1.82, 2.24) is 35.5 Å². The Labute approximate surface area is 256 Å². The van der Waals surface area contributed by atoms with Crippen LogP contribution in [0, 0.1) is 0 Å². The number of likely N-dealkylation sites (N-methyl/N-ethyl adjacent to an activating group) is 1. The zero-order chi connectivity index (χ0) is 30.8. The molecule has 0 saturated heterocycles. The van der Waals surface area contributed by atoms with Gasteiger partial charge in [0.2, 0.25) is 5.91 Å². The zero-order valence-corrected chi connectivity index (χ0v) is 25.4. The summed E-state index contributed by atoms with van der Waals surface area (Å²) in [7, 11) is 1.75. The Hall–Kier alpha value is -4.77. The van der Waals surface area contributed by atoms with Crippen molar-refractivity contribution < 1.29 is 14.1 Å². The number of anilines is 1. The number of hydrogen-bond donors (Lipinski definition) is 3. The summed E-state index contributed by atoms with van der Waals surface area (Å²) in [6, 6.07) is 18.9. The predicted molar refractivity (Wildman–Crippen MR) is 168 cm³/mol. The molecular formula is C33H38N8O3. The van der Waals surface area contributed by atoms with Gasteiger partial charge < -0.3 is 25.6 Å². The Kier molecular flexibility index (Phi) is 8.05. The van der Waals surface area contributed by atoms with Gasteiger partial charge in [-0.05, 0) is 69.1 Å². The second kappa shape index (κ2) is 12.1. The molecule has 3 aromatic heterocycles. The zero-order valence-electron chi connectivity index (χ0n) is 25.4. The number of nitrogens with two attached hydrogens (primary N) is 1. The molecule has 3 heterocycles. The predicted octanol–water partition coefficient (Wildman–Crippen LogP) is 5.71. The lowest BCUT2D eigenvalue weighted by Crippen LogP contribution is -2.43. The second-order valence-corrected chi connectivity index (χ2v) is 12.3. The molecule has 4 N–H and O–H groups in total. The van der Waals surface area contributed by atoms with Crippen LogP contribution in [0.15, 0.2) is 71.5 Å². The van der Waals surface area contributed by atoms with Gasteiger partial charge in [-0.2, -0.15) is 5.10 Å². The lowest BCUT2D eigenvalue weighted by atomic mass is 9.90. The number of nitrogen functional groups attached to an aromatic ring is 1. The third-order valence-electron chi connectivity index (χ3n) is 8.13. The van der Waals surface area contributed by atoms with E-state index < -0.39 is 6.04 Å². The smallest absolute Gasteiger partial charge is 0.243 e. The molecule has 228 valence electrons. The van der Waals surface area contributed by atoms with Gasteiger partial charge in [-0.15, -0.1) is 0 Å². The maximum absolute atomic E-state index is 13.2. The maximum atomic E-state index is 13.2. The number of carbonyl (C=O) groups is 1. The molecule has 5 aromatic rings. The Morgan fingerprint density at radius 2 is 1.73 bits per heavy atom. The average Bonchev–Trinajstić information content (AvgIpc) is 3.66. The van der Waals surface area contributed by atoms with Crippen LogP contribution in [0.5, 0.6) is 11.5 Å². The fourth-order valence-corrected chi connectivity index (χ4v) is 5.70. The van der Waals surface area contributed by atoms with Crippen molar-refractivity contribution in [2.24, 2.45) is 0 Å². The lowest BCUT2D eigenvalue weighted by Gasteiger charge is -2.30. The number of rotatable bonds is 8. The van der Waals surface area contributed by atoms with Crippen molar-refractivity contribution in [2.45, 2.75) is 70.0 Å². The van der Waals surface area contributed by atoms with Gasteiger partial charge in [0.1, 0.15) is 46.8 Å². The van der Waals surface area contributed by atoms with Crippen molar-refractivity contribution in [3.05, 3.63) is 78.4 Å². The minimum atomic E-state index is -0.589. The summed E-state index contributed by atoms with van der Waals surface area (Å²) < 4.78 is 13.5. The molecule has 44 heavy (non-hydrogen) atoms. The Balaban J connectivity index is 1.16. The minimum Gasteiger partial charge on any atom is -0.457 e. The van der Waals surface area contributed by atoms with E-state index in [9.17, 15) is 4.79 Å². The van der Waals surface area contributed by atoms with Crippen LogP contribution in [0.3, 0.4) is 0 Å². The quantitative estimate of drug-likeness (QED) is 0.205. The van der Waals surface area contributed by atoms with Gasteiger partial charge in [-0.3, -0.25) is 4.79 Å². The van der Waals surface area contributed by atoms with Gasteiger partial charge in [0, 0.05) is 23.1 Å². The van der Waals surface area contributed by atoms with E-state index in [0.29, 0.717) is 17.2 Å². The van der Waals surface area contributed by atoms with Gasteiger partial charge >= 0.3 is 0 Å². The molecule has 1 aliphatic carbocycles. The Morgan fingerprint density at radius 1 is 1.02 bits per heavy atom. The van der Waals surface area contributed by atoms with E-state index in [4.69, 9.17) is 20.1 Å². The number of para-hydroxylation sites is 1. The SMILES string of the molecule is CN[C@@H](C(=O)N[C@H]1CC[C@@H](n2nc(-c3ccc(Oc4ccccc4)cc3)c3c(N)ncnc32)CC1)c1cc(C(C)(C)C)on1. The van der Waals surface area contributed by atoms with Gasteiger partial charge in [-0.25, -0.2) is 14.6 Å². The number of aromatic nitrogens is 5. The summed E-state index contributed by atoms with van der Waals surface area (Å²) in [5.41, 5.74) is 9.10. The largest absolute Gasteiger partial charge is 0.457 e. The third kappa shape index (κ3) is 6.00. The molecule has 0 spiro atoms. The summed E-state index contributed by atoms with van der Waals surface area (Å²) in [6.07, 6.45) is 4.76. The molecule has 2 aromatic carbocycles. The van der Waals surface area contributed by atoms with Gasteiger partial charge in [-0.1, -0.05) is 44.1 Å². The number of hydrogen-bond acceptors (Lipinski definition) is 9. The molecule has 11 heteroatoms. The maximum Gasteiger partial charge on any atom is 0.243 e. The molecule has 0 bridgehead atoms. The lowest BCUT2D eigenvalue weighted by molar-refractivity contribution is -0.124. The van der Waals surface area contributed by atoms with Crippen LogP contribution >= 0.6 is 0 Å². The highest BCUT2D eigenvalue weighted by molar-refractivity contribution is 5.98. The highest BCUT2D eigenvalue weighted by Crippen LogP contribution is 2.37. The van der Waals surface area contributed by atoms with E-state index in [2.05, 4.69) is 25.8 Å². The van der Waals surface area contributed by atoms with Crippen molar-refractivity contribution in [2.75, 3.05) is 12.8 Å². The molecule has 1 amide bonds. The van der Waals surface area contributed by atoms with Crippen LogP contribution in [0.25, 0.3) is 22.3 Å². The van der Waals surface area contributed by atoms with Crippen LogP contribution < -0.4 is 21.1 Å². The molecule has 1 aliphatic rings. The molecule has 1 saturated carbocycles. The van der Waals surface area contributed by atoms with E-state index >= 15 is 0 Å². The van der Waals surface area contributed by atoms with Crippen LogP contribution in [0.4, 0.5) is 5.82 Å². The number of amides is 1. The fraction of sp³-hybridized carbons (Fsp3) is 0.364. The molecular weight excluding hydrogens is 556 g/mol. The standard InChI is InChI=1S/C33H38N8O3/c1-33(2,3)26-18-25(40-44-26)29(35-4)32(42)38-21-12-14-22(15-13-21)41-31-27(30(34)36-19-37-31)28(39-41)20-10-16-24(17-11-20)43-23-8-6-5-7-9-23/h5-11,16-19,21-22,29,35H,12-15H2,1-4H3,(H,38,42)(H2,34,36,37)/t21-,22+,29-/m1/s1. The summed E-state index contributed by atoms with van der Waals surface area (Å²) in [6.45, 7) is 6.15. The number of ether oxygens (including phenoxy) is 1. The molecule has 0 radical (unpaired) electrons. The number of nitrogens with one attached hydrogen (secondary N) is 2. The topological polar surface area (TPSA) is 146 Å².